The predicted octanol–water partition coefficient (Wildman–Crippen LogP) is 12.0. The molecule has 0 spiro atoms. The smallest absolute Gasteiger partial charge is 0.305 e. The molecule has 3 nitrogen and oxygen atoms in total. The Balaban J connectivity index is 2.24. The average molecular weight is 576 g/mol. The molecular weight excluding hydrogens is 502 g/mol. The van der Waals surface area contributed by atoms with Gasteiger partial charge in [-0.3, -0.25) is 4.79 Å². The second kappa shape index (κ2) is 26.8. The Morgan fingerprint density at radius 1 is 0.634 bits per heavy atom. The van der Waals surface area contributed by atoms with Crippen LogP contribution in [0.5, 0.6) is 0 Å². The van der Waals surface area contributed by atoms with E-state index in [9.17, 15) is 4.79 Å². The van der Waals surface area contributed by atoms with Gasteiger partial charge in [0, 0.05) is 6.42 Å². The summed E-state index contributed by atoms with van der Waals surface area (Å²) in [6.07, 6.45) is 40.0. The van der Waals surface area contributed by atoms with Crippen LogP contribution in [0.25, 0.3) is 0 Å². The van der Waals surface area contributed by atoms with Gasteiger partial charge in [-0.05, 0) is 110 Å². The molecule has 3 heteroatoms. The first-order valence-corrected chi connectivity index (χ1v) is 18.5. The monoisotopic (exact) mass is 576 g/mol. The molecule has 0 amide bonds. The molecule has 0 aliphatic heterocycles. The van der Waals surface area contributed by atoms with Crippen LogP contribution in [0.1, 0.15) is 194 Å². The number of ether oxygens (including phenoxy) is 1. The van der Waals surface area contributed by atoms with Crippen LogP contribution in [-0.2, 0) is 9.53 Å². The van der Waals surface area contributed by atoms with Gasteiger partial charge in [0.05, 0.1) is 6.61 Å². The fraction of sp³-hybridized carbons (Fsp3) is 0.921. The van der Waals surface area contributed by atoms with Crippen LogP contribution in [0.3, 0.4) is 0 Å². The summed E-state index contributed by atoms with van der Waals surface area (Å²) in [6.45, 7) is 6.18. The van der Waals surface area contributed by atoms with Crippen molar-refractivity contribution in [1.82, 2.24) is 4.90 Å². The Hall–Kier alpha value is -0.830. The Morgan fingerprint density at radius 2 is 1.15 bits per heavy atom. The molecular formula is C38H73NO2. The topological polar surface area (TPSA) is 29.5 Å². The lowest BCUT2D eigenvalue weighted by molar-refractivity contribution is -0.143. The van der Waals surface area contributed by atoms with Crippen molar-refractivity contribution in [2.24, 2.45) is 5.41 Å². The van der Waals surface area contributed by atoms with Crippen LogP contribution in [0.2, 0.25) is 0 Å². The summed E-state index contributed by atoms with van der Waals surface area (Å²) >= 11 is 0. The van der Waals surface area contributed by atoms with Crippen molar-refractivity contribution in [2.45, 2.75) is 194 Å². The zero-order valence-corrected chi connectivity index (χ0v) is 28.6. The van der Waals surface area contributed by atoms with E-state index in [1.54, 1.807) is 5.57 Å². The summed E-state index contributed by atoms with van der Waals surface area (Å²) in [6, 6.07) is 0. The predicted molar refractivity (Wildman–Crippen MR) is 181 cm³/mol. The molecule has 0 aromatic carbocycles. The number of nitrogens with zero attached hydrogens (tertiary/aromatic N) is 1. The molecule has 0 atom stereocenters. The van der Waals surface area contributed by atoms with Crippen LogP contribution in [-0.4, -0.2) is 38.1 Å². The Labute approximate surface area is 258 Å². The van der Waals surface area contributed by atoms with Gasteiger partial charge in [0.2, 0.25) is 0 Å². The molecule has 1 rings (SSSR count). The molecule has 0 unspecified atom stereocenters. The van der Waals surface area contributed by atoms with Gasteiger partial charge in [0.15, 0.2) is 0 Å². The van der Waals surface area contributed by atoms with E-state index in [-0.39, 0.29) is 5.97 Å². The zero-order valence-electron chi connectivity index (χ0n) is 28.6. The first-order valence-electron chi connectivity index (χ1n) is 18.5. The highest BCUT2D eigenvalue weighted by Gasteiger charge is 2.40. The molecule has 1 aliphatic rings. The molecule has 1 fully saturated rings. The lowest BCUT2D eigenvalue weighted by Crippen LogP contribution is -2.15. The molecule has 41 heavy (non-hydrogen) atoms. The molecule has 0 bridgehead atoms. The zero-order chi connectivity index (χ0) is 29.9. The highest BCUT2D eigenvalue weighted by molar-refractivity contribution is 5.69. The van der Waals surface area contributed by atoms with E-state index in [1.165, 1.54) is 161 Å². The molecule has 0 radical (unpaired) electrons. The number of hydrogen-bond donors (Lipinski definition) is 0. The molecule has 0 aromatic rings. The van der Waals surface area contributed by atoms with Crippen molar-refractivity contribution in [3.05, 3.63) is 11.6 Å². The molecule has 1 saturated carbocycles. The van der Waals surface area contributed by atoms with Gasteiger partial charge >= 0.3 is 5.97 Å². The fourth-order valence-corrected chi connectivity index (χ4v) is 6.29. The SMILES string of the molecule is CCCCCCCCCCC(=CCCCC1(CCCCOC(=O)CCCN(C)C)CC1)CCCCCCCCCC. The second-order valence-electron chi connectivity index (χ2n) is 13.8. The van der Waals surface area contributed by atoms with Crippen LogP contribution < -0.4 is 0 Å². The van der Waals surface area contributed by atoms with Crippen molar-refractivity contribution in [2.75, 3.05) is 27.2 Å². The quantitative estimate of drug-likeness (QED) is 0.0468. The van der Waals surface area contributed by atoms with Gasteiger partial charge in [-0.2, -0.15) is 0 Å². The van der Waals surface area contributed by atoms with E-state index in [0.717, 1.165) is 19.4 Å². The lowest BCUT2D eigenvalue weighted by atomic mass is 9.92. The molecule has 0 N–H and O–H groups in total. The van der Waals surface area contributed by atoms with Crippen LogP contribution in [0.15, 0.2) is 11.6 Å². The highest BCUT2D eigenvalue weighted by atomic mass is 16.5. The largest absolute Gasteiger partial charge is 0.466 e. The number of allylic oxidation sites excluding steroid dienone is 2. The number of hydrogen-bond acceptors (Lipinski definition) is 3. The van der Waals surface area contributed by atoms with E-state index in [1.807, 2.05) is 14.1 Å². The van der Waals surface area contributed by atoms with Gasteiger partial charge in [0.25, 0.3) is 0 Å². The second-order valence-corrected chi connectivity index (χ2v) is 13.8. The van der Waals surface area contributed by atoms with E-state index in [2.05, 4.69) is 24.8 Å². The third-order valence-corrected chi connectivity index (χ3v) is 9.35. The normalized spacial score (nSPS) is 14.0. The number of carbonyl (C=O) groups excluding carboxylic acids is 1. The van der Waals surface area contributed by atoms with Gasteiger partial charge in [-0.1, -0.05) is 115 Å². The summed E-state index contributed by atoms with van der Waals surface area (Å²) < 4.78 is 5.46. The summed E-state index contributed by atoms with van der Waals surface area (Å²) in [5.74, 6) is -0.0190. The third-order valence-electron chi connectivity index (χ3n) is 9.35. The van der Waals surface area contributed by atoms with E-state index in [0.29, 0.717) is 18.4 Å². The fourth-order valence-electron chi connectivity index (χ4n) is 6.29. The maximum Gasteiger partial charge on any atom is 0.305 e. The van der Waals surface area contributed by atoms with Gasteiger partial charge in [-0.15, -0.1) is 0 Å². The van der Waals surface area contributed by atoms with E-state index < -0.39 is 0 Å². The van der Waals surface area contributed by atoms with Crippen molar-refractivity contribution in [1.29, 1.82) is 0 Å². The van der Waals surface area contributed by atoms with Crippen molar-refractivity contribution in [3.8, 4) is 0 Å². The highest BCUT2D eigenvalue weighted by Crippen LogP contribution is 2.53. The summed E-state index contributed by atoms with van der Waals surface area (Å²) in [5, 5.41) is 0. The van der Waals surface area contributed by atoms with Gasteiger partial charge in [0.1, 0.15) is 0 Å². The van der Waals surface area contributed by atoms with E-state index >= 15 is 0 Å². The molecule has 1 aliphatic carbocycles. The van der Waals surface area contributed by atoms with Crippen molar-refractivity contribution >= 4 is 5.97 Å². The minimum atomic E-state index is -0.0190. The summed E-state index contributed by atoms with van der Waals surface area (Å²) in [5.41, 5.74) is 2.40. The van der Waals surface area contributed by atoms with Crippen molar-refractivity contribution in [3.63, 3.8) is 0 Å². The molecule has 0 heterocycles. The molecule has 242 valence electrons. The van der Waals surface area contributed by atoms with Crippen molar-refractivity contribution < 1.29 is 9.53 Å². The third kappa shape index (κ3) is 24.3. The standard InChI is InChI=1S/C38H73NO2/c1-5-7-9-11-13-15-17-19-26-36(27-20-18-16-14-12-10-8-6-2)28-21-22-30-38(32-33-38)31-23-24-35-41-37(40)29-25-34-39(3)4/h28H,5-27,29-35H2,1-4H3. The van der Waals surface area contributed by atoms with Crippen LogP contribution in [0.4, 0.5) is 0 Å². The minimum absolute atomic E-state index is 0.0190. The molecule has 0 saturated heterocycles. The maximum absolute atomic E-state index is 11.9. The average Bonchev–Trinajstić information content (AvgIpc) is 3.72. The summed E-state index contributed by atoms with van der Waals surface area (Å²) in [7, 11) is 4.09. The lowest BCUT2D eigenvalue weighted by Gasteiger charge is -2.15. The molecule has 0 aromatic heterocycles. The number of carbonyl (C=O) groups is 1. The first-order chi connectivity index (χ1) is 20.0. The van der Waals surface area contributed by atoms with Gasteiger partial charge in [-0.25, -0.2) is 0 Å². The van der Waals surface area contributed by atoms with Crippen LogP contribution >= 0.6 is 0 Å². The van der Waals surface area contributed by atoms with Gasteiger partial charge < -0.3 is 9.64 Å². The maximum atomic E-state index is 11.9. The number of rotatable bonds is 31. The Kier molecular flexibility index (Phi) is 24.9. The first kappa shape index (κ1) is 38.2. The Morgan fingerprint density at radius 3 is 1.66 bits per heavy atom. The van der Waals surface area contributed by atoms with Crippen LogP contribution in [0, 0.1) is 5.41 Å². The number of unbranched alkanes of at least 4 members (excludes halogenated alkanes) is 16. The summed E-state index contributed by atoms with van der Waals surface area (Å²) in [4.78, 5) is 14.0. The Bertz CT molecular complexity index is 600. The minimum Gasteiger partial charge on any atom is -0.466 e. The number of esters is 1. The van der Waals surface area contributed by atoms with E-state index in [4.69, 9.17) is 4.74 Å².